The van der Waals surface area contributed by atoms with Crippen LogP contribution in [0.1, 0.15) is 46.2 Å². The predicted molar refractivity (Wildman–Crippen MR) is 114 cm³/mol. The van der Waals surface area contributed by atoms with Crippen molar-refractivity contribution in [3.8, 4) is 11.4 Å². The fraction of sp³-hybridized carbons (Fsp3) is 0.545. The van der Waals surface area contributed by atoms with Crippen molar-refractivity contribution < 1.29 is 27.4 Å². The van der Waals surface area contributed by atoms with E-state index in [0.717, 1.165) is 11.4 Å². The Kier molecular flexibility index (Phi) is 6.61. The average molecular weight is 454 g/mol. The van der Waals surface area contributed by atoms with Crippen molar-refractivity contribution >= 4 is 11.8 Å². The van der Waals surface area contributed by atoms with Crippen molar-refractivity contribution in [2.24, 2.45) is 0 Å². The number of halogens is 3. The molecule has 0 saturated carbocycles. The quantitative estimate of drug-likeness (QED) is 0.654. The Balaban J connectivity index is 1.74. The third kappa shape index (κ3) is 6.08. The normalized spacial score (nSPS) is 15.3. The number of anilines is 1. The SMILES string of the molecule is CC(C)c1nn(-c2ccc(OC(F)(F)F)cc2)cc1N1CCN(C(=O)OC(C)(C)C)CC1. The molecular weight excluding hydrogens is 425 g/mol. The second-order valence-corrected chi connectivity index (χ2v) is 8.99. The summed E-state index contributed by atoms with van der Waals surface area (Å²) in [4.78, 5) is 16.2. The second kappa shape index (κ2) is 8.91. The number of ether oxygens (including phenoxy) is 2. The molecule has 3 rings (SSSR count). The van der Waals surface area contributed by atoms with Crippen LogP contribution >= 0.6 is 0 Å². The summed E-state index contributed by atoms with van der Waals surface area (Å²) < 4.78 is 48.2. The minimum atomic E-state index is -4.73. The highest BCUT2D eigenvalue weighted by Crippen LogP contribution is 2.30. The topological polar surface area (TPSA) is 59.8 Å². The van der Waals surface area contributed by atoms with Crippen LogP contribution in [0.15, 0.2) is 30.5 Å². The van der Waals surface area contributed by atoms with Gasteiger partial charge in [0.05, 0.1) is 23.3 Å². The van der Waals surface area contributed by atoms with Crippen LogP contribution in [0, 0.1) is 0 Å². The molecule has 10 heteroatoms. The van der Waals surface area contributed by atoms with Crippen LogP contribution in [0.2, 0.25) is 0 Å². The molecule has 2 aromatic rings. The molecule has 176 valence electrons. The molecule has 1 aliphatic heterocycles. The van der Waals surface area contributed by atoms with E-state index in [1.807, 2.05) is 40.8 Å². The largest absolute Gasteiger partial charge is 0.573 e. The minimum absolute atomic E-state index is 0.142. The summed E-state index contributed by atoms with van der Waals surface area (Å²) >= 11 is 0. The molecule has 0 radical (unpaired) electrons. The number of amides is 1. The number of benzene rings is 1. The Morgan fingerprint density at radius 1 is 1.03 bits per heavy atom. The van der Waals surface area contributed by atoms with Crippen molar-refractivity contribution in [2.75, 3.05) is 31.1 Å². The van der Waals surface area contributed by atoms with E-state index in [4.69, 9.17) is 4.74 Å². The molecule has 1 saturated heterocycles. The number of nitrogens with zero attached hydrogens (tertiary/aromatic N) is 4. The maximum Gasteiger partial charge on any atom is 0.573 e. The van der Waals surface area contributed by atoms with Crippen molar-refractivity contribution in [3.63, 3.8) is 0 Å². The van der Waals surface area contributed by atoms with E-state index in [2.05, 4.69) is 14.7 Å². The van der Waals surface area contributed by atoms with Crippen LogP contribution < -0.4 is 9.64 Å². The summed E-state index contributed by atoms with van der Waals surface area (Å²) in [6.45, 7) is 11.9. The lowest BCUT2D eigenvalue weighted by Gasteiger charge is -2.36. The van der Waals surface area contributed by atoms with E-state index in [1.165, 1.54) is 24.3 Å². The number of rotatable bonds is 4. The van der Waals surface area contributed by atoms with E-state index in [9.17, 15) is 18.0 Å². The summed E-state index contributed by atoms with van der Waals surface area (Å²) in [5.41, 5.74) is 1.91. The van der Waals surface area contributed by atoms with Crippen molar-refractivity contribution in [1.82, 2.24) is 14.7 Å². The summed E-state index contributed by atoms with van der Waals surface area (Å²) in [5, 5.41) is 4.67. The highest BCUT2D eigenvalue weighted by molar-refractivity contribution is 5.68. The third-order valence-corrected chi connectivity index (χ3v) is 4.88. The number of aromatic nitrogens is 2. The molecule has 0 atom stereocenters. The summed E-state index contributed by atoms with van der Waals surface area (Å²) in [6.07, 6.45) is -3.18. The Bertz CT molecular complexity index is 925. The van der Waals surface area contributed by atoms with E-state index >= 15 is 0 Å². The van der Waals surface area contributed by atoms with E-state index in [1.54, 1.807) is 9.58 Å². The molecule has 0 aliphatic carbocycles. The number of hydrogen-bond acceptors (Lipinski definition) is 5. The number of carbonyl (C=O) groups excluding carboxylic acids is 1. The highest BCUT2D eigenvalue weighted by atomic mass is 19.4. The summed E-state index contributed by atoms with van der Waals surface area (Å²) in [5.74, 6) is -0.140. The summed E-state index contributed by atoms with van der Waals surface area (Å²) in [7, 11) is 0. The molecule has 1 amide bonds. The number of piperazine rings is 1. The van der Waals surface area contributed by atoms with Gasteiger partial charge in [-0.15, -0.1) is 13.2 Å². The standard InChI is InChI=1S/C22H29F3N4O3/c1-15(2)19-18(27-10-12-28(13-11-27)20(30)32-21(3,4)5)14-29(26-19)16-6-8-17(9-7-16)31-22(23,24)25/h6-9,14-15H,10-13H2,1-5H3. The molecule has 1 fully saturated rings. The average Bonchev–Trinajstić information content (AvgIpc) is 3.12. The van der Waals surface area contributed by atoms with E-state index in [-0.39, 0.29) is 17.8 Å². The van der Waals surface area contributed by atoms with Gasteiger partial charge in [-0.1, -0.05) is 13.8 Å². The smallest absolute Gasteiger partial charge is 0.444 e. The van der Waals surface area contributed by atoms with Gasteiger partial charge in [0.2, 0.25) is 0 Å². The molecule has 2 heterocycles. The lowest BCUT2D eigenvalue weighted by molar-refractivity contribution is -0.274. The zero-order valence-electron chi connectivity index (χ0n) is 18.9. The predicted octanol–water partition coefficient (Wildman–Crippen LogP) is 4.95. The maximum absolute atomic E-state index is 12.4. The monoisotopic (exact) mass is 454 g/mol. The summed E-state index contributed by atoms with van der Waals surface area (Å²) in [6, 6.07) is 5.59. The Labute approximate surface area is 185 Å². The molecule has 1 aromatic carbocycles. The molecule has 0 N–H and O–H groups in total. The van der Waals surface area contributed by atoms with Crippen LogP contribution in [0.4, 0.5) is 23.7 Å². The second-order valence-electron chi connectivity index (χ2n) is 8.99. The van der Waals surface area contributed by atoms with Crippen LogP contribution in [-0.4, -0.2) is 58.9 Å². The molecular formula is C22H29F3N4O3. The lowest BCUT2D eigenvalue weighted by atomic mass is 10.1. The van der Waals surface area contributed by atoms with Gasteiger partial charge in [0, 0.05) is 26.2 Å². The van der Waals surface area contributed by atoms with Gasteiger partial charge in [0.15, 0.2) is 0 Å². The van der Waals surface area contributed by atoms with Gasteiger partial charge in [-0.05, 0) is 51.0 Å². The van der Waals surface area contributed by atoms with Gasteiger partial charge in [-0.25, -0.2) is 9.48 Å². The molecule has 1 aromatic heterocycles. The van der Waals surface area contributed by atoms with Crippen LogP contribution in [0.25, 0.3) is 5.69 Å². The number of hydrogen-bond donors (Lipinski definition) is 0. The first-order valence-electron chi connectivity index (χ1n) is 10.5. The minimum Gasteiger partial charge on any atom is -0.444 e. The number of alkyl halides is 3. The zero-order chi connectivity index (χ0) is 23.7. The Hall–Kier alpha value is -2.91. The van der Waals surface area contributed by atoms with E-state index < -0.39 is 12.0 Å². The van der Waals surface area contributed by atoms with Crippen LogP contribution in [0.5, 0.6) is 5.75 Å². The van der Waals surface area contributed by atoms with Crippen molar-refractivity contribution in [3.05, 3.63) is 36.2 Å². The van der Waals surface area contributed by atoms with Gasteiger partial charge in [-0.2, -0.15) is 5.10 Å². The van der Waals surface area contributed by atoms with Crippen molar-refractivity contribution in [2.45, 2.75) is 52.5 Å². The molecule has 32 heavy (non-hydrogen) atoms. The van der Waals surface area contributed by atoms with E-state index in [0.29, 0.717) is 31.9 Å². The van der Waals surface area contributed by atoms with Gasteiger partial charge in [0.1, 0.15) is 11.4 Å². The maximum atomic E-state index is 12.4. The van der Waals surface area contributed by atoms with Gasteiger partial charge >= 0.3 is 12.5 Å². The fourth-order valence-electron chi connectivity index (χ4n) is 3.42. The van der Waals surface area contributed by atoms with Gasteiger partial charge < -0.3 is 19.3 Å². The first kappa shape index (κ1) is 23.7. The van der Waals surface area contributed by atoms with Crippen LogP contribution in [-0.2, 0) is 4.74 Å². The van der Waals surface area contributed by atoms with Gasteiger partial charge in [-0.3, -0.25) is 0 Å². The molecule has 0 unspecified atom stereocenters. The fourth-order valence-corrected chi connectivity index (χ4v) is 3.42. The number of carbonyl (C=O) groups is 1. The first-order valence-corrected chi connectivity index (χ1v) is 10.5. The zero-order valence-corrected chi connectivity index (χ0v) is 18.9. The third-order valence-electron chi connectivity index (χ3n) is 4.88. The van der Waals surface area contributed by atoms with Crippen LogP contribution in [0.3, 0.4) is 0 Å². The molecule has 0 bridgehead atoms. The highest BCUT2D eigenvalue weighted by Gasteiger charge is 2.31. The molecule has 0 spiro atoms. The molecule has 1 aliphatic rings. The Morgan fingerprint density at radius 2 is 1.62 bits per heavy atom. The first-order chi connectivity index (χ1) is 14.8. The Morgan fingerprint density at radius 3 is 2.12 bits per heavy atom. The molecule has 7 nitrogen and oxygen atoms in total. The van der Waals surface area contributed by atoms with Gasteiger partial charge in [0.25, 0.3) is 0 Å². The van der Waals surface area contributed by atoms with Crippen molar-refractivity contribution in [1.29, 1.82) is 0 Å². The lowest BCUT2D eigenvalue weighted by Crippen LogP contribution is -2.50.